The fourth-order valence-corrected chi connectivity index (χ4v) is 7.00. The molecule has 0 radical (unpaired) electrons. The van der Waals surface area contributed by atoms with E-state index >= 15 is 0 Å². The highest BCUT2D eigenvalue weighted by Crippen LogP contribution is 2.64. The predicted molar refractivity (Wildman–Crippen MR) is 87.1 cm³/mol. The van der Waals surface area contributed by atoms with Gasteiger partial charge in [0.15, 0.2) is 0 Å². The molecule has 1 heteroatoms. The number of unbranched alkanes of at least 4 members (excludes halogenated alkanes) is 3. The van der Waals surface area contributed by atoms with Gasteiger partial charge in [-0.1, -0.05) is 59.3 Å². The van der Waals surface area contributed by atoms with Gasteiger partial charge in [0.25, 0.3) is 0 Å². The van der Waals surface area contributed by atoms with Gasteiger partial charge in [0, 0.05) is 0 Å². The fraction of sp³-hybridized carbons (Fsp3) is 1.00. The van der Waals surface area contributed by atoms with E-state index in [0.29, 0.717) is 7.92 Å². The van der Waals surface area contributed by atoms with Crippen LogP contribution in [0.5, 0.6) is 0 Å². The van der Waals surface area contributed by atoms with Crippen molar-refractivity contribution in [3.8, 4) is 0 Å². The second-order valence-corrected chi connectivity index (χ2v) is 9.09. The van der Waals surface area contributed by atoms with Crippen LogP contribution in [0.15, 0.2) is 0 Å². The van der Waals surface area contributed by atoms with Crippen LogP contribution in [0.2, 0.25) is 0 Å². The summed E-state index contributed by atoms with van der Waals surface area (Å²) in [7, 11) is 0.308. The molecular weight excluding hydrogens is 235 g/mol. The van der Waals surface area contributed by atoms with Gasteiger partial charge in [0.2, 0.25) is 0 Å². The maximum atomic E-state index is 2.62. The third-order valence-corrected chi connectivity index (χ3v) is 8.43. The number of hydrogen-bond donors (Lipinski definition) is 0. The van der Waals surface area contributed by atoms with Crippen LogP contribution >= 0.6 is 7.92 Å². The van der Waals surface area contributed by atoms with Gasteiger partial charge in [-0.2, -0.15) is 0 Å². The Balaban J connectivity index is 2.72. The van der Waals surface area contributed by atoms with Crippen LogP contribution in [0.1, 0.15) is 85.0 Å². The van der Waals surface area contributed by atoms with Crippen molar-refractivity contribution in [1.82, 2.24) is 0 Å². The van der Waals surface area contributed by atoms with E-state index in [2.05, 4.69) is 27.4 Å². The van der Waals surface area contributed by atoms with Crippen LogP contribution in [0.3, 0.4) is 0 Å². The lowest BCUT2D eigenvalue weighted by atomic mass is 9.79. The molecule has 0 saturated carbocycles. The lowest BCUT2D eigenvalue weighted by molar-refractivity contribution is 0.305. The largest absolute Gasteiger partial charge is 0.103 e. The normalized spacial score (nSPS) is 26.7. The smallest absolute Gasteiger partial charge is 0.00685 e. The molecule has 1 heterocycles. The van der Waals surface area contributed by atoms with E-state index in [1.165, 1.54) is 44.9 Å². The second-order valence-electron chi connectivity index (χ2n) is 6.36. The van der Waals surface area contributed by atoms with Gasteiger partial charge in [-0.15, -0.1) is 7.92 Å². The first-order chi connectivity index (χ1) is 8.71. The summed E-state index contributed by atoms with van der Waals surface area (Å²) in [6.07, 6.45) is 16.3. The Morgan fingerprint density at radius 3 is 2.00 bits per heavy atom. The first-order valence-electron chi connectivity index (χ1n) is 8.42. The van der Waals surface area contributed by atoms with Crippen molar-refractivity contribution < 1.29 is 0 Å². The Morgan fingerprint density at radius 1 is 0.944 bits per heavy atom. The van der Waals surface area contributed by atoms with Gasteiger partial charge >= 0.3 is 0 Å². The molecule has 0 bridgehead atoms. The highest BCUT2D eigenvalue weighted by Gasteiger charge is 2.45. The monoisotopic (exact) mass is 270 g/mol. The van der Waals surface area contributed by atoms with Crippen molar-refractivity contribution in [2.45, 2.75) is 90.1 Å². The van der Waals surface area contributed by atoms with Crippen molar-refractivity contribution in [1.29, 1.82) is 0 Å². The number of hydrogen-bond acceptors (Lipinski definition) is 0. The van der Waals surface area contributed by atoms with Gasteiger partial charge in [0.1, 0.15) is 0 Å². The Bertz CT molecular complexity index is 204. The lowest BCUT2D eigenvalue weighted by Gasteiger charge is -2.40. The zero-order valence-electron chi connectivity index (χ0n) is 13.3. The maximum absolute atomic E-state index is 2.62. The molecule has 1 aliphatic rings. The van der Waals surface area contributed by atoms with Gasteiger partial charge < -0.3 is 0 Å². The quantitative estimate of drug-likeness (QED) is 0.424. The van der Waals surface area contributed by atoms with Crippen LogP contribution < -0.4 is 0 Å². The minimum absolute atomic E-state index is 0.308. The van der Waals surface area contributed by atoms with E-state index < -0.39 is 0 Å². The topological polar surface area (TPSA) is 0 Å². The highest BCUT2D eigenvalue weighted by molar-refractivity contribution is 7.58. The van der Waals surface area contributed by atoms with E-state index in [9.17, 15) is 0 Å². The molecule has 0 N–H and O–H groups in total. The van der Waals surface area contributed by atoms with Crippen molar-refractivity contribution in [2.75, 3.05) is 12.8 Å². The summed E-state index contributed by atoms with van der Waals surface area (Å²) < 4.78 is 0. The molecule has 0 aliphatic carbocycles. The molecular formula is C17H35P. The van der Waals surface area contributed by atoms with Gasteiger partial charge in [-0.05, 0) is 49.6 Å². The molecule has 1 fully saturated rings. The summed E-state index contributed by atoms with van der Waals surface area (Å²) in [5.41, 5.74) is 0. The summed E-state index contributed by atoms with van der Waals surface area (Å²) in [5.74, 6) is 1.08. The Hall–Kier alpha value is 0.430. The van der Waals surface area contributed by atoms with E-state index in [1.807, 2.05) is 0 Å². The molecule has 0 aromatic carbocycles. The molecule has 2 atom stereocenters. The minimum atomic E-state index is 0.308. The average molecular weight is 270 g/mol. The van der Waals surface area contributed by atoms with E-state index in [1.54, 1.807) is 25.4 Å². The zero-order chi connectivity index (χ0) is 13.4. The van der Waals surface area contributed by atoms with Crippen LogP contribution in [-0.4, -0.2) is 18.0 Å². The summed E-state index contributed by atoms with van der Waals surface area (Å²) in [6, 6.07) is 0. The Kier molecular flexibility index (Phi) is 7.85. The third-order valence-electron chi connectivity index (χ3n) is 5.17. The highest BCUT2D eigenvalue weighted by atomic mass is 31.1. The van der Waals surface area contributed by atoms with Crippen LogP contribution in [0.4, 0.5) is 0 Å². The molecule has 1 rings (SSSR count). The lowest BCUT2D eigenvalue weighted by Crippen LogP contribution is -2.32. The first-order valence-corrected chi connectivity index (χ1v) is 10.4. The molecule has 2 unspecified atom stereocenters. The molecule has 0 spiro atoms. The van der Waals surface area contributed by atoms with Crippen LogP contribution in [-0.2, 0) is 0 Å². The minimum Gasteiger partial charge on any atom is -0.103 e. The van der Waals surface area contributed by atoms with Gasteiger partial charge in [-0.25, -0.2) is 0 Å². The summed E-state index contributed by atoms with van der Waals surface area (Å²) in [6.45, 7) is 9.69. The molecule has 1 aliphatic heterocycles. The SMILES string of the molecule is CCCCC1CCP(C)C1(CCCC)CCCC. The Morgan fingerprint density at radius 2 is 1.50 bits per heavy atom. The number of rotatable bonds is 9. The zero-order valence-corrected chi connectivity index (χ0v) is 14.2. The molecule has 0 aromatic heterocycles. The van der Waals surface area contributed by atoms with Crippen LogP contribution in [0.25, 0.3) is 0 Å². The third kappa shape index (κ3) is 3.96. The van der Waals surface area contributed by atoms with Crippen molar-refractivity contribution in [2.24, 2.45) is 5.92 Å². The summed E-state index contributed by atoms with van der Waals surface area (Å²) in [5, 5.41) is 0.788. The summed E-state index contributed by atoms with van der Waals surface area (Å²) in [4.78, 5) is 0. The average Bonchev–Trinajstić information content (AvgIpc) is 2.69. The van der Waals surface area contributed by atoms with Crippen molar-refractivity contribution in [3.05, 3.63) is 0 Å². The molecule has 0 amide bonds. The second kappa shape index (κ2) is 8.57. The molecule has 1 saturated heterocycles. The Labute approximate surface area is 117 Å². The fourth-order valence-electron chi connectivity index (χ4n) is 3.90. The standard InChI is InChI=1S/C17H35P/c1-5-8-11-16-12-15-18(4)17(16,13-9-6-2)14-10-7-3/h16H,5-15H2,1-4H3. The van der Waals surface area contributed by atoms with Gasteiger partial charge in [-0.3, -0.25) is 0 Å². The molecule has 0 aromatic rings. The first kappa shape index (κ1) is 16.5. The summed E-state index contributed by atoms with van der Waals surface area (Å²) >= 11 is 0. The van der Waals surface area contributed by atoms with E-state index in [0.717, 1.165) is 11.1 Å². The van der Waals surface area contributed by atoms with Gasteiger partial charge in [0.05, 0.1) is 0 Å². The van der Waals surface area contributed by atoms with Crippen molar-refractivity contribution >= 4 is 7.92 Å². The van der Waals surface area contributed by atoms with E-state index in [4.69, 9.17) is 0 Å². The maximum Gasteiger partial charge on any atom is -0.00685 e. The predicted octanol–water partition coefficient (Wildman–Crippen LogP) is 6.43. The van der Waals surface area contributed by atoms with Crippen molar-refractivity contribution in [3.63, 3.8) is 0 Å². The molecule has 0 nitrogen and oxygen atoms in total. The van der Waals surface area contributed by atoms with E-state index in [-0.39, 0.29) is 0 Å². The van der Waals surface area contributed by atoms with Crippen LogP contribution in [0, 0.1) is 5.92 Å². The molecule has 18 heavy (non-hydrogen) atoms. The molecule has 108 valence electrons.